The molecule has 2 heteroatoms. The van der Waals surface area contributed by atoms with Gasteiger partial charge in [0.25, 0.3) is 0 Å². The van der Waals surface area contributed by atoms with Crippen LogP contribution in [0.4, 0.5) is 0 Å². The van der Waals surface area contributed by atoms with Crippen molar-refractivity contribution in [3.05, 3.63) is 23.3 Å². The van der Waals surface area contributed by atoms with Gasteiger partial charge < -0.3 is 0 Å². The van der Waals surface area contributed by atoms with Gasteiger partial charge in [-0.25, -0.2) is 0 Å². The molecular formula is C11H16Cl2. The number of hydrogen-bond acceptors (Lipinski definition) is 0. The molecule has 1 atom stereocenters. The Morgan fingerprint density at radius 3 is 2.85 bits per heavy atom. The molecule has 1 aliphatic rings. The summed E-state index contributed by atoms with van der Waals surface area (Å²) in [4.78, 5) is -0.207. The van der Waals surface area contributed by atoms with Crippen LogP contribution < -0.4 is 0 Å². The fraction of sp³-hybridized carbons (Fsp3) is 0.636. The molecule has 0 radical (unpaired) electrons. The number of halogens is 2. The van der Waals surface area contributed by atoms with Crippen molar-refractivity contribution in [1.29, 1.82) is 0 Å². The number of alkyl halides is 1. The number of allylic oxidation sites excluding steroid dienone is 4. The first kappa shape index (κ1) is 11.1. The van der Waals surface area contributed by atoms with Crippen molar-refractivity contribution in [2.75, 3.05) is 0 Å². The van der Waals surface area contributed by atoms with E-state index in [1.807, 2.05) is 12.2 Å². The highest BCUT2D eigenvalue weighted by Crippen LogP contribution is 2.35. The van der Waals surface area contributed by atoms with Crippen molar-refractivity contribution in [3.63, 3.8) is 0 Å². The zero-order chi connectivity index (χ0) is 9.73. The first-order valence-corrected chi connectivity index (χ1v) is 5.65. The van der Waals surface area contributed by atoms with E-state index >= 15 is 0 Å². The molecule has 1 unspecified atom stereocenters. The minimum Gasteiger partial charge on any atom is -0.114 e. The lowest BCUT2D eigenvalue weighted by Gasteiger charge is -2.25. The van der Waals surface area contributed by atoms with Gasteiger partial charge in [-0.05, 0) is 12.5 Å². The van der Waals surface area contributed by atoms with Crippen LogP contribution in [0.1, 0.15) is 39.0 Å². The van der Waals surface area contributed by atoms with E-state index in [2.05, 4.69) is 13.0 Å². The topological polar surface area (TPSA) is 0 Å². The van der Waals surface area contributed by atoms with Crippen molar-refractivity contribution in [1.82, 2.24) is 0 Å². The van der Waals surface area contributed by atoms with Crippen LogP contribution in [0.2, 0.25) is 0 Å². The van der Waals surface area contributed by atoms with Gasteiger partial charge in [0, 0.05) is 11.5 Å². The van der Waals surface area contributed by atoms with Gasteiger partial charge in [0.2, 0.25) is 0 Å². The highest BCUT2D eigenvalue weighted by Gasteiger charge is 2.25. The van der Waals surface area contributed by atoms with E-state index in [9.17, 15) is 0 Å². The molecule has 0 aliphatic heterocycles. The fourth-order valence-electron chi connectivity index (χ4n) is 1.56. The summed E-state index contributed by atoms with van der Waals surface area (Å²) in [5.74, 6) is 0. The monoisotopic (exact) mass is 218 g/mol. The third-order valence-electron chi connectivity index (χ3n) is 2.33. The van der Waals surface area contributed by atoms with Crippen LogP contribution in [-0.2, 0) is 0 Å². The molecule has 0 aromatic carbocycles. The molecule has 0 aromatic rings. The zero-order valence-electron chi connectivity index (χ0n) is 8.02. The molecule has 0 heterocycles. The maximum atomic E-state index is 6.39. The fourth-order valence-corrected chi connectivity index (χ4v) is 2.29. The summed E-state index contributed by atoms with van der Waals surface area (Å²) in [6.45, 7) is 2.20. The van der Waals surface area contributed by atoms with Crippen LogP contribution in [0.25, 0.3) is 0 Å². The lowest BCUT2D eigenvalue weighted by Crippen LogP contribution is -2.19. The van der Waals surface area contributed by atoms with E-state index in [1.54, 1.807) is 0 Å². The van der Waals surface area contributed by atoms with Gasteiger partial charge in [0.15, 0.2) is 0 Å². The second-order valence-corrected chi connectivity index (χ2v) is 4.88. The van der Waals surface area contributed by atoms with E-state index in [0.29, 0.717) is 0 Å². The Morgan fingerprint density at radius 2 is 2.23 bits per heavy atom. The maximum absolute atomic E-state index is 6.39. The highest BCUT2D eigenvalue weighted by molar-refractivity contribution is 6.32. The van der Waals surface area contributed by atoms with Gasteiger partial charge >= 0.3 is 0 Å². The molecule has 0 N–H and O–H groups in total. The quantitative estimate of drug-likeness (QED) is 0.477. The molecule has 1 aliphatic carbocycles. The Bertz CT molecular complexity index is 218. The van der Waals surface area contributed by atoms with E-state index in [-0.39, 0.29) is 4.87 Å². The second-order valence-electron chi connectivity index (χ2n) is 3.64. The molecule has 0 bridgehead atoms. The summed E-state index contributed by atoms with van der Waals surface area (Å²) >= 11 is 12.3. The van der Waals surface area contributed by atoms with Gasteiger partial charge in [0.05, 0.1) is 4.87 Å². The number of unbranched alkanes of at least 4 members (excludes halogenated alkanes) is 2. The predicted octanol–water partition coefficient (Wildman–Crippen LogP) is 4.63. The Balaban J connectivity index is 2.39. The standard InChI is InChI=1S/C11H16Cl2/c1-2-3-4-7-11(13)8-5-6-10(12)9-11/h5-6,8H,2-4,7,9H2,1H3. The first-order valence-electron chi connectivity index (χ1n) is 4.89. The molecule has 0 saturated carbocycles. The van der Waals surface area contributed by atoms with Crippen LogP contribution in [0, 0.1) is 0 Å². The Labute approximate surface area is 90.6 Å². The summed E-state index contributed by atoms with van der Waals surface area (Å²) in [6, 6.07) is 0. The van der Waals surface area contributed by atoms with Crippen molar-refractivity contribution in [2.45, 2.75) is 43.9 Å². The second kappa shape index (κ2) is 5.07. The lowest BCUT2D eigenvalue weighted by atomic mass is 9.93. The summed E-state index contributed by atoms with van der Waals surface area (Å²) in [5, 5.41) is 0.869. The number of rotatable bonds is 4. The van der Waals surface area contributed by atoms with Crippen molar-refractivity contribution >= 4 is 23.2 Å². The molecule has 13 heavy (non-hydrogen) atoms. The van der Waals surface area contributed by atoms with Crippen LogP contribution >= 0.6 is 23.2 Å². The summed E-state index contributed by atoms with van der Waals surface area (Å²) < 4.78 is 0. The minimum absolute atomic E-state index is 0.207. The van der Waals surface area contributed by atoms with Crippen LogP contribution in [0.15, 0.2) is 23.3 Å². The molecule has 0 saturated heterocycles. The molecule has 0 amide bonds. The molecule has 0 aromatic heterocycles. The van der Waals surface area contributed by atoms with E-state index in [1.165, 1.54) is 19.3 Å². The van der Waals surface area contributed by atoms with Gasteiger partial charge in [0.1, 0.15) is 0 Å². The molecular weight excluding hydrogens is 203 g/mol. The molecule has 1 rings (SSSR count). The van der Waals surface area contributed by atoms with Crippen LogP contribution in [0.3, 0.4) is 0 Å². The Morgan fingerprint density at radius 1 is 1.46 bits per heavy atom. The maximum Gasteiger partial charge on any atom is 0.0677 e. The van der Waals surface area contributed by atoms with Crippen molar-refractivity contribution < 1.29 is 0 Å². The van der Waals surface area contributed by atoms with Crippen LogP contribution in [0.5, 0.6) is 0 Å². The van der Waals surface area contributed by atoms with Gasteiger partial charge in [-0.2, -0.15) is 0 Å². The minimum atomic E-state index is -0.207. The Kier molecular flexibility index (Phi) is 4.34. The predicted molar refractivity (Wildman–Crippen MR) is 60.4 cm³/mol. The zero-order valence-corrected chi connectivity index (χ0v) is 9.54. The van der Waals surface area contributed by atoms with E-state index in [0.717, 1.165) is 17.9 Å². The molecule has 0 fully saturated rings. The van der Waals surface area contributed by atoms with Gasteiger partial charge in [-0.1, -0.05) is 49.9 Å². The first-order chi connectivity index (χ1) is 6.16. The molecule has 0 spiro atoms. The van der Waals surface area contributed by atoms with Gasteiger partial charge in [-0.15, -0.1) is 11.6 Å². The summed E-state index contributed by atoms with van der Waals surface area (Å²) in [7, 11) is 0. The highest BCUT2D eigenvalue weighted by atomic mass is 35.5. The average molecular weight is 219 g/mol. The molecule has 74 valence electrons. The lowest BCUT2D eigenvalue weighted by molar-refractivity contribution is 0.567. The molecule has 0 nitrogen and oxygen atoms in total. The average Bonchev–Trinajstić information content (AvgIpc) is 2.04. The number of hydrogen-bond donors (Lipinski definition) is 0. The third-order valence-corrected chi connectivity index (χ3v) is 3.04. The largest absolute Gasteiger partial charge is 0.114 e. The van der Waals surface area contributed by atoms with Gasteiger partial charge in [-0.3, -0.25) is 0 Å². The third kappa shape index (κ3) is 3.74. The Hall–Kier alpha value is 0.0600. The normalized spacial score (nSPS) is 27.5. The summed E-state index contributed by atoms with van der Waals surface area (Å²) in [5.41, 5.74) is 0. The SMILES string of the molecule is CCCCCC1(Cl)C=CC=C(Cl)C1. The summed E-state index contributed by atoms with van der Waals surface area (Å²) in [6.07, 6.45) is 11.4. The van der Waals surface area contributed by atoms with Crippen molar-refractivity contribution in [2.24, 2.45) is 0 Å². The van der Waals surface area contributed by atoms with Crippen molar-refractivity contribution in [3.8, 4) is 0 Å². The van der Waals surface area contributed by atoms with E-state index in [4.69, 9.17) is 23.2 Å². The smallest absolute Gasteiger partial charge is 0.0677 e. The van der Waals surface area contributed by atoms with Crippen LogP contribution in [-0.4, -0.2) is 4.87 Å². The van der Waals surface area contributed by atoms with E-state index < -0.39 is 0 Å².